The number of hydrogen-bond donors (Lipinski definition) is 2. The molecule has 1 unspecified atom stereocenters. The summed E-state index contributed by atoms with van der Waals surface area (Å²) in [5, 5.41) is 6.66. The smallest absolute Gasteiger partial charge is 0.345 e. The first kappa shape index (κ1) is 30.4. The molecule has 0 saturated heterocycles. The fourth-order valence-electron chi connectivity index (χ4n) is 5.00. The van der Waals surface area contributed by atoms with E-state index < -0.39 is 17.6 Å². The number of hydrogen-bond acceptors (Lipinski definition) is 4. The number of benzene rings is 3. The second kappa shape index (κ2) is 13.5. The summed E-state index contributed by atoms with van der Waals surface area (Å²) < 4.78 is 39.0. The number of unbranched alkanes of at least 4 members (excludes halogenated alkanes) is 2. The Bertz CT molecular complexity index is 1760. The summed E-state index contributed by atoms with van der Waals surface area (Å²) >= 11 is 0. The molecule has 0 fully saturated rings. The molecule has 6 nitrogen and oxygen atoms in total. The number of carbonyl (C=O) groups excluding carboxylic acids is 2. The molecule has 224 valence electrons. The van der Waals surface area contributed by atoms with Gasteiger partial charge in [-0.2, -0.15) is 13.2 Å². The maximum atomic E-state index is 13.2. The number of carbonyl (C=O) groups is 2. The van der Waals surface area contributed by atoms with Gasteiger partial charge in [-0.15, -0.1) is 0 Å². The van der Waals surface area contributed by atoms with Crippen LogP contribution in [0.3, 0.4) is 0 Å². The predicted octanol–water partition coefficient (Wildman–Crippen LogP) is 8.62. The Kier molecular flexibility index (Phi) is 9.33. The molecule has 5 rings (SSSR count). The standard InChI is InChI=1S/C35H31F3N4O2/c1-2-3-5-12-29(23-9-6-4-7-10-23)41-33(43)26-15-19-30-25(22-26)16-20-31(40-30)42-34(44)28-11-8-21-39-32(28)24-13-17-27(18-14-24)35(36,37)38/h4,6-11,13-22,29H,2-3,5,12H2,1H3,(H,41,43)(H,40,42,44). The van der Waals surface area contributed by atoms with E-state index in [1.54, 1.807) is 42.5 Å². The number of nitrogens with zero attached hydrogens (tertiary/aromatic N) is 2. The lowest BCUT2D eigenvalue weighted by atomic mass is 9.99. The van der Waals surface area contributed by atoms with Crippen LogP contribution in [0.5, 0.6) is 0 Å². The van der Waals surface area contributed by atoms with Gasteiger partial charge in [-0.25, -0.2) is 4.98 Å². The Hall–Kier alpha value is -5.05. The average molecular weight is 597 g/mol. The molecule has 0 saturated carbocycles. The number of fused-ring (bicyclic) bond motifs is 1. The Labute approximate surface area is 253 Å². The molecule has 2 N–H and O–H groups in total. The fourth-order valence-corrected chi connectivity index (χ4v) is 5.00. The molecule has 0 bridgehead atoms. The van der Waals surface area contributed by atoms with Crippen molar-refractivity contribution in [2.75, 3.05) is 5.32 Å². The van der Waals surface area contributed by atoms with Crippen LogP contribution in [0.1, 0.15) is 70.5 Å². The van der Waals surface area contributed by atoms with Gasteiger partial charge in [-0.05, 0) is 66.6 Å². The van der Waals surface area contributed by atoms with E-state index in [-0.39, 0.29) is 29.0 Å². The van der Waals surface area contributed by atoms with Crippen molar-refractivity contribution >= 4 is 28.5 Å². The lowest BCUT2D eigenvalue weighted by Gasteiger charge is -2.19. The monoisotopic (exact) mass is 596 g/mol. The third-order valence-corrected chi connectivity index (χ3v) is 7.33. The van der Waals surface area contributed by atoms with Crippen LogP contribution >= 0.6 is 0 Å². The maximum absolute atomic E-state index is 13.2. The molecule has 0 aliphatic heterocycles. The molecule has 44 heavy (non-hydrogen) atoms. The summed E-state index contributed by atoms with van der Waals surface area (Å²) in [5.41, 5.74) is 2.18. The highest BCUT2D eigenvalue weighted by Gasteiger charge is 2.30. The summed E-state index contributed by atoms with van der Waals surface area (Å²) in [4.78, 5) is 35.2. The number of alkyl halides is 3. The summed E-state index contributed by atoms with van der Waals surface area (Å²) in [6.45, 7) is 2.15. The van der Waals surface area contributed by atoms with Crippen molar-refractivity contribution in [3.05, 3.63) is 126 Å². The van der Waals surface area contributed by atoms with Crippen LogP contribution in [-0.2, 0) is 6.18 Å². The molecule has 0 radical (unpaired) electrons. The van der Waals surface area contributed by atoms with Gasteiger partial charge in [0, 0.05) is 22.7 Å². The number of aromatic nitrogens is 2. The molecular formula is C35H31F3N4O2. The Balaban J connectivity index is 1.31. The molecule has 0 spiro atoms. The number of anilines is 1. The van der Waals surface area contributed by atoms with Gasteiger partial charge in [0.15, 0.2) is 0 Å². The largest absolute Gasteiger partial charge is 0.416 e. The van der Waals surface area contributed by atoms with Crippen LogP contribution in [0.15, 0.2) is 103 Å². The van der Waals surface area contributed by atoms with Gasteiger partial charge in [-0.1, -0.05) is 68.7 Å². The first-order valence-electron chi connectivity index (χ1n) is 14.4. The minimum Gasteiger partial charge on any atom is -0.345 e. The Morgan fingerprint density at radius 3 is 2.34 bits per heavy atom. The number of rotatable bonds is 10. The molecule has 1 atom stereocenters. The third kappa shape index (κ3) is 7.29. The van der Waals surface area contributed by atoms with Crippen LogP contribution in [0, 0.1) is 0 Å². The average Bonchev–Trinajstić information content (AvgIpc) is 3.04. The van der Waals surface area contributed by atoms with E-state index in [2.05, 4.69) is 27.5 Å². The minimum atomic E-state index is -4.46. The van der Waals surface area contributed by atoms with Crippen molar-refractivity contribution in [3.63, 3.8) is 0 Å². The second-order valence-electron chi connectivity index (χ2n) is 10.5. The van der Waals surface area contributed by atoms with Crippen molar-refractivity contribution < 1.29 is 22.8 Å². The van der Waals surface area contributed by atoms with Crippen molar-refractivity contribution in [1.82, 2.24) is 15.3 Å². The SMILES string of the molecule is CCCCCC(NC(=O)c1ccc2nc(NC(=O)c3cccnc3-c3ccc(C(F)(F)F)cc3)ccc2c1)c1ccccc1. The van der Waals surface area contributed by atoms with Crippen LogP contribution in [0.2, 0.25) is 0 Å². The number of pyridine rings is 2. The first-order valence-corrected chi connectivity index (χ1v) is 14.4. The second-order valence-corrected chi connectivity index (χ2v) is 10.5. The summed E-state index contributed by atoms with van der Waals surface area (Å²) in [5.74, 6) is -0.408. The quantitative estimate of drug-likeness (QED) is 0.158. The highest BCUT2D eigenvalue weighted by molar-refractivity contribution is 6.08. The predicted molar refractivity (Wildman–Crippen MR) is 165 cm³/mol. The van der Waals surface area contributed by atoms with Crippen molar-refractivity contribution in [2.24, 2.45) is 0 Å². The van der Waals surface area contributed by atoms with E-state index in [4.69, 9.17) is 0 Å². The first-order chi connectivity index (χ1) is 21.2. The van der Waals surface area contributed by atoms with E-state index >= 15 is 0 Å². The van der Waals surface area contributed by atoms with E-state index in [0.717, 1.165) is 48.8 Å². The summed E-state index contributed by atoms with van der Waals surface area (Å²) in [6, 6.07) is 26.1. The van der Waals surface area contributed by atoms with Crippen LogP contribution < -0.4 is 10.6 Å². The maximum Gasteiger partial charge on any atom is 0.416 e. The molecule has 2 heterocycles. The summed E-state index contributed by atoms with van der Waals surface area (Å²) in [7, 11) is 0. The zero-order valence-corrected chi connectivity index (χ0v) is 24.1. The molecule has 3 aromatic carbocycles. The molecule has 0 aliphatic rings. The van der Waals surface area contributed by atoms with Gasteiger partial charge in [0.25, 0.3) is 11.8 Å². The molecule has 5 aromatic rings. The van der Waals surface area contributed by atoms with Crippen molar-refractivity contribution in [2.45, 2.75) is 44.8 Å². The fraction of sp³-hybridized carbons (Fsp3) is 0.200. The molecule has 2 aromatic heterocycles. The van der Waals surface area contributed by atoms with Crippen LogP contribution in [0.25, 0.3) is 22.2 Å². The zero-order chi connectivity index (χ0) is 31.1. The Morgan fingerprint density at radius 2 is 1.61 bits per heavy atom. The lowest BCUT2D eigenvalue weighted by molar-refractivity contribution is -0.137. The third-order valence-electron chi connectivity index (χ3n) is 7.33. The van der Waals surface area contributed by atoms with E-state index in [1.165, 1.54) is 18.3 Å². The molecular weight excluding hydrogens is 565 g/mol. The van der Waals surface area contributed by atoms with Gasteiger partial charge in [-0.3, -0.25) is 14.6 Å². The normalized spacial score (nSPS) is 12.1. The number of nitrogens with one attached hydrogen (secondary N) is 2. The number of amides is 2. The topological polar surface area (TPSA) is 84.0 Å². The van der Waals surface area contributed by atoms with Gasteiger partial charge in [0.1, 0.15) is 5.82 Å². The lowest BCUT2D eigenvalue weighted by Crippen LogP contribution is -2.28. The summed E-state index contributed by atoms with van der Waals surface area (Å²) in [6.07, 6.45) is 1.05. The highest BCUT2D eigenvalue weighted by Crippen LogP contribution is 2.31. The van der Waals surface area contributed by atoms with Crippen LogP contribution in [0.4, 0.5) is 19.0 Å². The van der Waals surface area contributed by atoms with Gasteiger partial charge in [0.2, 0.25) is 0 Å². The van der Waals surface area contributed by atoms with Crippen molar-refractivity contribution in [1.29, 1.82) is 0 Å². The van der Waals surface area contributed by atoms with Gasteiger partial charge < -0.3 is 10.6 Å². The van der Waals surface area contributed by atoms with E-state index in [9.17, 15) is 22.8 Å². The highest BCUT2D eigenvalue weighted by atomic mass is 19.4. The molecule has 2 amide bonds. The molecule has 9 heteroatoms. The van der Waals surface area contributed by atoms with Crippen LogP contribution in [-0.4, -0.2) is 21.8 Å². The van der Waals surface area contributed by atoms with E-state index in [1.807, 2.05) is 30.3 Å². The van der Waals surface area contributed by atoms with Gasteiger partial charge in [0.05, 0.1) is 28.4 Å². The van der Waals surface area contributed by atoms with Crippen molar-refractivity contribution in [3.8, 4) is 11.3 Å². The zero-order valence-electron chi connectivity index (χ0n) is 24.1. The molecule has 0 aliphatic carbocycles. The Morgan fingerprint density at radius 1 is 0.841 bits per heavy atom. The minimum absolute atomic E-state index is 0.0957. The van der Waals surface area contributed by atoms with E-state index in [0.29, 0.717) is 16.6 Å². The number of halogens is 3. The van der Waals surface area contributed by atoms with Gasteiger partial charge >= 0.3 is 6.18 Å².